The van der Waals surface area contributed by atoms with Crippen LogP contribution in [0.1, 0.15) is 12.8 Å². The standard InChI is InChI=1S/C18H21N3O4S/c1-25-16-4-6-17(7-5-16)26(23,24)21-12-2-3-14(13-21)18(22)20-15-8-10-19-11-9-15/h4-11,14H,2-3,12-13H2,1H3,(H,19,20,22)/t14-/m0/s1. The molecule has 26 heavy (non-hydrogen) atoms. The van der Waals surface area contributed by atoms with Crippen LogP contribution in [-0.2, 0) is 14.8 Å². The van der Waals surface area contributed by atoms with Crippen LogP contribution < -0.4 is 10.1 Å². The van der Waals surface area contributed by atoms with Gasteiger partial charge in [-0.25, -0.2) is 8.42 Å². The molecule has 138 valence electrons. The van der Waals surface area contributed by atoms with E-state index in [2.05, 4.69) is 10.3 Å². The molecular weight excluding hydrogens is 354 g/mol. The normalized spacial score (nSPS) is 18.3. The smallest absolute Gasteiger partial charge is 0.243 e. The highest BCUT2D eigenvalue weighted by Gasteiger charge is 2.33. The number of aromatic nitrogens is 1. The SMILES string of the molecule is COc1ccc(S(=O)(=O)N2CCC[C@H](C(=O)Nc3ccncc3)C2)cc1. The van der Waals surface area contributed by atoms with E-state index in [9.17, 15) is 13.2 Å². The van der Waals surface area contributed by atoms with Gasteiger partial charge in [0.2, 0.25) is 15.9 Å². The van der Waals surface area contributed by atoms with E-state index in [1.54, 1.807) is 36.7 Å². The van der Waals surface area contributed by atoms with Crippen molar-refractivity contribution >= 4 is 21.6 Å². The van der Waals surface area contributed by atoms with Crippen molar-refractivity contribution in [2.75, 3.05) is 25.5 Å². The number of methoxy groups -OCH3 is 1. The van der Waals surface area contributed by atoms with Crippen LogP contribution in [0.2, 0.25) is 0 Å². The number of nitrogens with zero attached hydrogens (tertiary/aromatic N) is 2. The van der Waals surface area contributed by atoms with Crippen LogP contribution in [-0.4, -0.2) is 43.8 Å². The summed E-state index contributed by atoms with van der Waals surface area (Å²) in [6.45, 7) is 0.582. The molecule has 0 saturated carbocycles. The van der Waals surface area contributed by atoms with Crippen molar-refractivity contribution in [1.29, 1.82) is 0 Å². The predicted octanol–water partition coefficient (Wildman–Crippen LogP) is 2.13. The number of carbonyl (C=O) groups excluding carboxylic acids is 1. The zero-order chi connectivity index (χ0) is 18.6. The fraction of sp³-hybridized carbons (Fsp3) is 0.333. The van der Waals surface area contributed by atoms with E-state index in [4.69, 9.17) is 4.74 Å². The number of ether oxygens (including phenoxy) is 1. The Bertz CT molecular complexity index is 854. The van der Waals surface area contributed by atoms with Crippen molar-refractivity contribution in [3.8, 4) is 5.75 Å². The van der Waals surface area contributed by atoms with Crippen molar-refractivity contribution in [2.24, 2.45) is 5.92 Å². The van der Waals surface area contributed by atoms with Gasteiger partial charge in [0.15, 0.2) is 0 Å². The van der Waals surface area contributed by atoms with Gasteiger partial charge in [0.25, 0.3) is 0 Å². The molecule has 2 aromatic rings. The van der Waals surface area contributed by atoms with Gasteiger partial charge < -0.3 is 10.1 Å². The zero-order valence-corrected chi connectivity index (χ0v) is 15.3. The van der Waals surface area contributed by atoms with Gasteiger partial charge in [0, 0.05) is 31.2 Å². The van der Waals surface area contributed by atoms with E-state index in [1.807, 2.05) is 0 Å². The lowest BCUT2D eigenvalue weighted by Gasteiger charge is -2.31. The van der Waals surface area contributed by atoms with Gasteiger partial charge in [0.05, 0.1) is 17.9 Å². The molecular formula is C18H21N3O4S. The summed E-state index contributed by atoms with van der Waals surface area (Å²) in [5.74, 6) is 0.0352. The van der Waals surface area contributed by atoms with Gasteiger partial charge in [-0.1, -0.05) is 0 Å². The number of hydrogen-bond acceptors (Lipinski definition) is 5. The number of nitrogens with one attached hydrogen (secondary N) is 1. The molecule has 1 fully saturated rings. The molecule has 7 nitrogen and oxygen atoms in total. The summed E-state index contributed by atoms with van der Waals surface area (Å²) >= 11 is 0. The fourth-order valence-electron chi connectivity index (χ4n) is 2.95. The topological polar surface area (TPSA) is 88.6 Å². The van der Waals surface area contributed by atoms with Crippen molar-refractivity contribution in [2.45, 2.75) is 17.7 Å². The van der Waals surface area contributed by atoms with E-state index in [1.165, 1.54) is 23.5 Å². The number of pyridine rings is 1. The molecule has 0 aliphatic carbocycles. The van der Waals surface area contributed by atoms with Crippen molar-refractivity contribution < 1.29 is 17.9 Å². The van der Waals surface area contributed by atoms with Crippen molar-refractivity contribution in [1.82, 2.24) is 9.29 Å². The molecule has 0 unspecified atom stereocenters. The number of anilines is 1. The largest absolute Gasteiger partial charge is 0.497 e. The van der Waals surface area contributed by atoms with Crippen LogP contribution in [0.15, 0.2) is 53.7 Å². The van der Waals surface area contributed by atoms with Gasteiger partial charge >= 0.3 is 0 Å². The van der Waals surface area contributed by atoms with Gasteiger partial charge in [-0.15, -0.1) is 0 Å². The Balaban J connectivity index is 1.71. The van der Waals surface area contributed by atoms with E-state index in [0.717, 1.165) is 0 Å². The van der Waals surface area contributed by atoms with Gasteiger partial charge in [-0.3, -0.25) is 9.78 Å². The quantitative estimate of drug-likeness (QED) is 0.865. The number of benzene rings is 1. The second kappa shape index (κ2) is 7.84. The number of amides is 1. The first-order valence-corrected chi connectivity index (χ1v) is 9.80. The van der Waals surface area contributed by atoms with Crippen molar-refractivity contribution in [3.63, 3.8) is 0 Å². The summed E-state index contributed by atoms with van der Waals surface area (Å²) in [7, 11) is -2.11. The molecule has 8 heteroatoms. The molecule has 0 spiro atoms. The summed E-state index contributed by atoms with van der Waals surface area (Å²) in [5.41, 5.74) is 0.653. The molecule has 3 rings (SSSR count). The molecule has 0 bridgehead atoms. The summed E-state index contributed by atoms with van der Waals surface area (Å²) in [5, 5.41) is 2.82. The Labute approximate surface area is 153 Å². The average molecular weight is 375 g/mol. The average Bonchev–Trinajstić information content (AvgIpc) is 2.69. The Kier molecular flexibility index (Phi) is 5.53. The zero-order valence-electron chi connectivity index (χ0n) is 14.5. The van der Waals surface area contributed by atoms with Gasteiger partial charge in [-0.05, 0) is 49.2 Å². The lowest BCUT2D eigenvalue weighted by atomic mass is 9.99. The molecule has 0 radical (unpaired) electrons. The summed E-state index contributed by atoms with van der Waals surface area (Å²) < 4.78 is 32.2. The molecule has 1 N–H and O–H groups in total. The van der Waals surface area contributed by atoms with E-state index in [-0.39, 0.29) is 23.3 Å². The third kappa shape index (κ3) is 4.03. The fourth-order valence-corrected chi connectivity index (χ4v) is 4.47. The summed E-state index contributed by atoms with van der Waals surface area (Å²) in [6.07, 6.45) is 4.49. The Morgan fingerprint density at radius 2 is 1.88 bits per heavy atom. The highest BCUT2D eigenvalue weighted by molar-refractivity contribution is 7.89. The van der Waals surface area contributed by atoms with Gasteiger partial charge in [0.1, 0.15) is 5.75 Å². The maximum atomic E-state index is 12.9. The highest BCUT2D eigenvalue weighted by atomic mass is 32.2. The van der Waals surface area contributed by atoms with Crippen LogP contribution >= 0.6 is 0 Å². The molecule has 1 atom stereocenters. The summed E-state index contributed by atoms with van der Waals surface area (Å²) in [6, 6.07) is 9.68. The molecule has 1 amide bonds. The minimum atomic E-state index is -3.64. The van der Waals surface area contributed by atoms with Crippen LogP contribution in [0, 0.1) is 5.92 Å². The Morgan fingerprint density at radius 1 is 1.19 bits per heavy atom. The first-order chi connectivity index (χ1) is 12.5. The minimum absolute atomic E-state index is 0.172. The first-order valence-electron chi connectivity index (χ1n) is 8.36. The highest BCUT2D eigenvalue weighted by Crippen LogP contribution is 2.25. The first kappa shape index (κ1) is 18.3. The van der Waals surface area contributed by atoms with Crippen LogP contribution in [0.3, 0.4) is 0 Å². The third-order valence-corrected chi connectivity index (χ3v) is 6.28. The molecule has 1 aromatic heterocycles. The second-order valence-corrected chi connectivity index (χ2v) is 8.04. The van der Waals surface area contributed by atoms with E-state index >= 15 is 0 Å². The predicted molar refractivity (Wildman–Crippen MR) is 97.3 cm³/mol. The number of piperidine rings is 1. The molecule has 1 aliphatic heterocycles. The van der Waals surface area contributed by atoms with E-state index < -0.39 is 10.0 Å². The monoisotopic (exact) mass is 375 g/mol. The van der Waals surface area contributed by atoms with Gasteiger partial charge in [-0.2, -0.15) is 4.31 Å². The molecule has 2 heterocycles. The lowest BCUT2D eigenvalue weighted by molar-refractivity contribution is -0.120. The van der Waals surface area contributed by atoms with E-state index in [0.29, 0.717) is 30.8 Å². The second-order valence-electron chi connectivity index (χ2n) is 6.10. The number of carbonyl (C=O) groups is 1. The van der Waals surface area contributed by atoms with Crippen LogP contribution in [0.5, 0.6) is 5.75 Å². The molecule has 1 saturated heterocycles. The van der Waals surface area contributed by atoms with Crippen LogP contribution in [0.4, 0.5) is 5.69 Å². The Hall–Kier alpha value is -2.45. The number of rotatable bonds is 5. The lowest BCUT2D eigenvalue weighted by Crippen LogP contribution is -2.43. The maximum absolute atomic E-state index is 12.9. The Morgan fingerprint density at radius 3 is 2.54 bits per heavy atom. The summed E-state index contributed by atoms with van der Waals surface area (Å²) in [4.78, 5) is 16.6. The molecule has 1 aliphatic rings. The van der Waals surface area contributed by atoms with Crippen molar-refractivity contribution in [3.05, 3.63) is 48.8 Å². The maximum Gasteiger partial charge on any atom is 0.243 e. The number of hydrogen-bond donors (Lipinski definition) is 1. The third-order valence-electron chi connectivity index (χ3n) is 4.40. The minimum Gasteiger partial charge on any atom is -0.497 e. The molecule has 1 aromatic carbocycles. The number of sulfonamides is 1. The van der Waals surface area contributed by atoms with Crippen LogP contribution in [0.25, 0.3) is 0 Å².